The van der Waals surface area contributed by atoms with E-state index in [2.05, 4.69) is 9.97 Å². The molecule has 0 atom stereocenters. The highest BCUT2D eigenvalue weighted by molar-refractivity contribution is 5.84. The zero-order valence-electron chi connectivity index (χ0n) is 9.55. The van der Waals surface area contributed by atoms with E-state index in [0.717, 1.165) is 17.5 Å². The first-order valence-electron chi connectivity index (χ1n) is 5.65. The second-order valence-corrected chi connectivity index (χ2v) is 4.60. The van der Waals surface area contributed by atoms with E-state index in [-0.39, 0.29) is 0 Å². The molecule has 5 heteroatoms. The van der Waals surface area contributed by atoms with Crippen LogP contribution in [0, 0.1) is 0 Å². The molecular weight excluding hydrogens is 218 g/mol. The number of aliphatic carboxylic acids is 1. The molecule has 0 spiro atoms. The maximum atomic E-state index is 11.5. The van der Waals surface area contributed by atoms with Crippen molar-refractivity contribution in [3.63, 3.8) is 0 Å². The van der Waals surface area contributed by atoms with Crippen LogP contribution < -0.4 is 0 Å². The van der Waals surface area contributed by atoms with Gasteiger partial charge in [-0.05, 0) is 18.9 Å². The molecule has 0 bridgehead atoms. The molecule has 0 radical (unpaired) electrons. The van der Waals surface area contributed by atoms with Crippen LogP contribution in [0.15, 0.2) is 18.5 Å². The number of carboxylic acids is 1. The topological polar surface area (TPSA) is 68.0 Å². The van der Waals surface area contributed by atoms with E-state index in [9.17, 15) is 9.90 Å². The molecule has 3 rings (SSSR count). The highest BCUT2D eigenvalue weighted by atomic mass is 16.4. The second-order valence-electron chi connectivity index (χ2n) is 4.60. The molecule has 0 unspecified atom stereocenters. The zero-order chi connectivity index (χ0) is 12.0. The number of hydrogen-bond donors (Lipinski definition) is 1. The number of imidazole rings is 1. The number of carboxylic acid groups (broad SMARTS) is 1. The number of carbonyl (C=O) groups is 1. The lowest BCUT2D eigenvalue weighted by Gasteiger charge is -2.36. The molecule has 17 heavy (non-hydrogen) atoms. The number of hydrogen-bond acceptors (Lipinski definition) is 3. The summed E-state index contributed by atoms with van der Waals surface area (Å²) in [4.78, 5) is 20.0. The van der Waals surface area contributed by atoms with Gasteiger partial charge in [0.05, 0.1) is 17.2 Å². The maximum Gasteiger partial charge on any atom is 0.317 e. The quantitative estimate of drug-likeness (QED) is 0.849. The van der Waals surface area contributed by atoms with Crippen molar-refractivity contribution >= 4 is 17.0 Å². The number of fused-ring (bicyclic) bond motifs is 1. The van der Waals surface area contributed by atoms with E-state index in [4.69, 9.17) is 0 Å². The van der Waals surface area contributed by atoms with Gasteiger partial charge < -0.3 is 9.67 Å². The van der Waals surface area contributed by atoms with Gasteiger partial charge in [-0.25, -0.2) is 4.98 Å². The van der Waals surface area contributed by atoms with Gasteiger partial charge in [0, 0.05) is 13.2 Å². The Hall–Kier alpha value is -1.91. The van der Waals surface area contributed by atoms with Crippen LogP contribution in [0.4, 0.5) is 0 Å². The minimum Gasteiger partial charge on any atom is -0.480 e. The molecule has 88 valence electrons. The van der Waals surface area contributed by atoms with Crippen LogP contribution in [0.3, 0.4) is 0 Å². The summed E-state index contributed by atoms with van der Waals surface area (Å²) in [6.07, 6.45) is 5.70. The van der Waals surface area contributed by atoms with Crippen molar-refractivity contribution < 1.29 is 9.90 Å². The average Bonchev–Trinajstić information content (AvgIpc) is 2.56. The van der Waals surface area contributed by atoms with Gasteiger partial charge in [-0.15, -0.1) is 0 Å². The number of pyridine rings is 1. The fraction of sp³-hybridized carbons (Fsp3) is 0.417. The molecule has 1 N–H and O–H groups in total. The highest BCUT2D eigenvalue weighted by Crippen LogP contribution is 2.43. The lowest BCUT2D eigenvalue weighted by Crippen LogP contribution is -2.44. The minimum atomic E-state index is -0.784. The first-order chi connectivity index (χ1) is 8.15. The number of aryl methyl sites for hydroxylation is 1. The molecule has 2 aromatic heterocycles. The Kier molecular flexibility index (Phi) is 1.98. The van der Waals surface area contributed by atoms with E-state index in [0.29, 0.717) is 18.7 Å². The Bertz CT molecular complexity index is 599. The maximum absolute atomic E-state index is 11.5. The van der Waals surface area contributed by atoms with Crippen LogP contribution in [0.2, 0.25) is 0 Å². The molecule has 0 aromatic carbocycles. The van der Waals surface area contributed by atoms with Crippen molar-refractivity contribution in [1.29, 1.82) is 0 Å². The van der Waals surface area contributed by atoms with Gasteiger partial charge in [-0.3, -0.25) is 9.78 Å². The minimum absolute atomic E-state index is 0.652. The van der Waals surface area contributed by atoms with Crippen LogP contribution in [0.1, 0.15) is 25.1 Å². The molecule has 1 aliphatic carbocycles. The third kappa shape index (κ3) is 1.22. The van der Waals surface area contributed by atoms with Gasteiger partial charge in [0.25, 0.3) is 0 Å². The van der Waals surface area contributed by atoms with Crippen molar-refractivity contribution in [2.75, 3.05) is 0 Å². The number of aromatic nitrogens is 3. The van der Waals surface area contributed by atoms with Gasteiger partial charge in [0.15, 0.2) is 0 Å². The van der Waals surface area contributed by atoms with Gasteiger partial charge >= 0.3 is 5.97 Å². The Morgan fingerprint density at radius 3 is 2.82 bits per heavy atom. The van der Waals surface area contributed by atoms with Gasteiger partial charge in [0.1, 0.15) is 11.2 Å². The molecule has 0 saturated heterocycles. The number of nitrogens with zero attached hydrogens (tertiary/aromatic N) is 3. The summed E-state index contributed by atoms with van der Waals surface area (Å²) >= 11 is 0. The largest absolute Gasteiger partial charge is 0.480 e. The summed E-state index contributed by atoms with van der Waals surface area (Å²) in [6.45, 7) is 0. The van der Waals surface area contributed by atoms with E-state index < -0.39 is 11.4 Å². The van der Waals surface area contributed by atoms with Crippen LogP contribution in [0.5, 0.6) is 0 Å². The van der Waals surface area contributed by atoms with Gasteiger partial charge in [-0.1, -0.05) is 6.42 Å². The fourth-order valence-corrected chi connectivity index (χ4v) is 2.53. The average molecular weight is 231 g/mol. The molecule has 5 nitrogen and oxygen atoms in total. The Labute approximate surface area is 98.1 Å². The van der Waals surface area contributed by atoms with Crippen LogP contribution in [0.25, 0.3) is 11.0 Å². The summed E-state index contributed by atoms with van der Waals surface area (Å²) in [5.41, 5.74) is 0.911. The van der Waals surface area contributed by atoms with E-state index in [1.54, 1.807) is 12.4 Å². The van der Waals surface area contributed by atoms with E-state index in [1.165, 1.54) is 0 Å². The zero-order valence-corrected chi connectivity index (χ0v) is 9.55. The summed E-state index contributed by atoms with van der Waals surface area (Å²) in [5, 5.41) is 9.42. The standard InChI is InChI=1S/C12H13N3O2/c1-15-9-7-13-6-3-8(9)14-10(15)12(11(16)17)4-2-5-12/h3,6-7H,2,4-5H2,1H3,(H,16,17). The van der Waals surface area contributed by atoms with Gasteiger partial charge in [0.2, 0.25) is 0 Å². The van der Waals surface area contributed by atoms with Crippen molar-refractivity contribution in [3.05, 3.63) is 24.3 Å². The summed E-state index contributed by atoms with van der Waals surface area (Å²) < 4.78 is 1.86. The summed E-state index contributed by atoms with van der Waals surface area (Å²) in [5.74, 6) is -0.116. The molecular formula is C12H13N3O2. The fourth-order valence-electron chi connectivity index (χ4n) is 2.53. The van der Waals surface area contributed by atoms with Crippen molar-refractivity contribution in [2.45, 2.75) is 24.7 Å². The molecule has 2 aromatic rings. The van der Waals surface area contributed by atoms with E-state index in [1.807, 2.05) is 17.7 Å². The Morgan fingerprint density at radius 2 is 2.29 bits per heavy atom. The Balaban J connectivity index is 2.24. The van der Waals surface area contributed by atoms with Crippen molar-refractivity contribution in [3.8, 4) is 0 Å². The lowest BCUT2D eigenvalue weighted by molar-refractivity contribution is -0.148. The molecule has 1 fully saturated rings. The summed E-state index contributed by atoms with van der Waals surface area (Å²) in [6, 6.07) is 1.81. The van der Waals surface area contributed by atoms with Gasteiger partial charge in [-0.2, -0.15) is 0 Å². The van der Waals surface area contributed by atoms with Crippen molar-refractivity contribution in [2.24, 2.45) is 7.05 Å². The first kappa shape index (κ1) is 10.3. The molecule has 2 heterocycles. The monoisotopic (exact) mass is 231 g/mol. The lowest BCUT2D eigenvalue weighted by atomic mass is 9.68. The number of rotatable bonds is 2. The smallest absolute Gasteiger partial charge is 0.317 e. The SMILES string of the molecule is Cn1c(C2(C(=O)O)CCC2)nc2ccncc21. The highest BCUT2D eigenvalue weighted by Gasteiger charge is 2.49. The first-order valence-corrected chi connectivity index (χ1v) is 5.65. The predicted molar refractivity (Wildman–Crippen MR) is 61.7 cm³/mol. The second kappa shape index (κ2) is 3.29. The molecule has 0 aliphatic heterocycles. The normalized spacial score (nSPS) is 17.9. The summed E-state index contributed by atoms with van der Waals surface area (Å²) in [7, 11) is 1.86. The molecule has 1 saturated carbocycles. The van der Waals surface area contributed by atoms with Crippen LogP contribution >= 0.6 is 0 Å². The third-order valence-electron chi connectivity index (χ3n) is 3.73. The van der Waals surface area contributed by atoms with Crippen molar-refractivity contribution in [1.82, 2.24) is 14.5 Å². The molecule has 1 aliphatic rings. The third-order valence-corrected chi connectivity index (χ3v) is 3.73. The molecule has 0 amide bonds. The van der Waals surface area contributed by atoms with Crippen LogP contribution in [-0.4, -0.2) is 25.6 Å². The van der Waals surface area contributed by atoms with E-state index >= 15 is 0 Å². The van der Waals surface area contributed by atoms with Crippen LogP contribution in [-0.2, 0) is 17.3 Å². The Morgan fingerprint density at radius 1 is 1.53 bits per heavy atom. The predicted octanol–water partition coefficient (Wildman–Crippen LogP) is 1.47.